The summed E-state index contributed by atoms with van der Waals surface area (Å²) in [4.78, 5) is 23.5. The molecule has 0 fully saturated rings. The van der Waals surface area contributed by atoms with Crippen molar-refractivity contribution in [2.24, 2.45) is 0 Å². The molecule has 0 amide bonds. The normalized spacial score (nSPS) is 12.2. The van der Waals surface area contributed by atoms with Crippen LogP contribution in [0.2, 0.25) is 0 Å². The fraction of sp³-hybridized carbons (Fsp3) is 0.913. The zero-order chi connectivity index (χ0) is 36.4. The van der Waals surface area contributed by atoms with E-state index >= 15 is 0 Å². The molecule has 0 aliphatic carbocycles. The summed E-state index contributed by atoms with van der Waals surface area (Å²) in [6, 6.07) is 0. The summed E-state index contributed by atoms with van der Waals surface area (Å²) in [6.45, 7) is 4.56. The summed E-state index contributed by atoms with van der Waals surface area (Å²) in [5.74, 6) is -0.713. The van der Waals surface area contributed by atoms with E-state index in [1.54, 1.807) is 0 Å². The van der Waals surface area contributed by atoms with Crippen molar-refractivity contribution in [3.8, 4) is 0 Å². The Bertz CT molecular complexity index is 717. The average molecular weight is 705 g/mol. The van der Waals surface area contributed by atoms with E-state index < -0.39 is 5.97 Å². The van der Waals surface area contributed by atoms with E-state index in [4.69, 9.17) is 9.84 Å². The number of esters is 1. The van der Waals surface area contributed by atoms with Crippen molar-refractivity contribution in [2.45, 2.75) is 270 Å². The topological polar surface area (TPSA) is 63.6 Å². The number of rotatable bonds is 42. The first kappa shape index (κ1) is 48.7. The van der Waals surface area contributed by atoms with Crippen molar-refractivity contribution in [1.29, 1.82) is 0 Å². The third kappa shape index (κ3) is 41.1. The van der Waals surface area contributed by atoms with Crippen molar-refractivity contribution in [3.63, 3.8) is 0 Å². The maximum absolute atomic E-state index is 12.7. The van der Waals surface area contributed by atoms with Crippen molar-refractivity contribution < 1.29 is 19.4 Å². The Morgan fingerprint density at radius 1 is 0.420 bits per heavy atom. The lowest BCUT2D eigenvalue weighted by atomic mass is 10.0. The average Bonchev–Trinajstić information content (AvgIpc) is 3.10. The summed E-state index contributed by atoms with van der Waals surface area (Å²) in [6.07, 6.45) is 52.4. The number of ether oxygens (including phenoxy) is 1. The van der Waals surface area contributed by atoms with E-state index in [0.29, 0.717) is 6.42 Å². The first-order chi connectivity index (χ1) is 24.6. The number of carboxylic acid groups (broad SMARTS) is 1. The molecule has 0 aliphatic heterocycles. The minimum absolute atomic E-state index is 0.00716. The molecule has 50 heavy (non-hydrogen) atoms. The van der Waals surface area contributed by atoms with Gasteiger partial charge in [0.05, 0.1) is 0 Å². The third-order valence-corrected chi connectivity index (χ3v) is 10.5. The summed E-state index contributed by atoms with van der Waals surface area (Å²) in [7, 11) is 0. The van der Waals surface area contributed by atoms with Crippen LogP contribution < -0.4 is 0 Å². The predicted molar refractivity (Wildman–Crippen MR) is 218 cm³/mol. The van der Waals surface area contributed by atoms with Crippen LogP contribution in [0.1, 0.15) is 264 Å². The molecule has 0 heterocycles. The van der Waals surface area contributed by atoms with Crippen LogP contribution in [0.3, 0.4) is 0 Å². The van der Waals surface area contributed by atoms with Gasteiger partial charge in [0.1, 0.15) is 6.10 Å². The van der Waals surface area contributed by atoms with Crippen molar-refractivity contribution in [2.75, 3.05) is 0 Å². The Morgan fingerprint density at radius 3 is 1.08 bits per heavy atom. The largest absolute Gasteiger partial charge is 0.481 e. The van der Waals surface area contributed by atoms with Gasteiger partial charge in [-0.1, -0.05) is 199 Å². The van der Waals surface area contributed by atoms with Gasteiger partial charge in [-0.3, -0.25) is 9.59 Å². The number of hydrogen-bond donors (Lipinski definition) is 1. The monoisotopic (exact) mass is 705 g/mol. The van der Waals surface area contributed by atoms with Gasteiger partial charge in [0.2, 0.25) is 0 Å². The van der Waals surface area contributed by atoms with E-state index in [1.807, 2.05) is 0 Å². The number of carbonyl (C=O) groups is 2. The van der Waals surface area contributed by atoms with Gasteiger partial charge in [0, 0.05) is 12.8 Å². The molecule has 0 aliphatic rings. The highest BCUT2D eigenvalue weighted by molar-refractivity contribution is 5.69. The number of unbranched alkanes of at least 4 members (excludes halogenated alkanes) is 31. The SMILES string of the molecule is CCCCCCCC/C=C\CCCCCCCCCCCC(=O)OC(CCCCCCCCCCCCCCCC)CCCCCCC(=O)O. The standard InChI is InChI=1S/C46H88O4/c1-3-5-7-9-11-13-15-17-19-20-21-22-23-25-27-29-31-33-39-43-46(49)50-44(41-37-34-35-38-42-45(47)48)40-36-32-30-28-26-24-18-16-14-12-10-8-6-4-2/h17,19,44H,3-16,18,20-43H2,1-2H3,(H,47,48)/b19-17-. The fourth-order valence-corrected chi connectivity index (χ4v) is 7.12. The quantitative estimate of drug-likeness (QED) is 0.0390. The van der Waals surface area contributed by atoms with Gasteiger partial charge >= 0.3 is 11.9 Å². The first-order valence-electron chi connectivity index (χ1n) is 22.7. The molecule has 0 saturated heterocycles. The van der Waals surface area contributed by atoms with Gasteiger partial charge in [0.25, 0.3) is 0 Å². The molecular weight excluding hydrogens is 617 g/mol. The van der Waals surface area contributed by atoms with Crippen LogP contribution in [0, 0.1) is 0 Å². The smallest absolute Gasteiger partial charge is 0.306 e. The van der Waals surface area contributed by atoms with Crippen molar-refractivity contribution in [1.82, 2.24) is 0 Å². The molecule has 296 valence electrons. The Morgan fingerprint density at radius 2 is 0.720 bits per heavy atom. The molecule has 0 aromatic rings. The Labute approximate surface area is 313 Å². The molecular formula is C46H88O4. The van der Waals surface area contributed by atoms with Crippen LogP contribution in [0.25, 0.3) is 0 Å². The maximum Gasteiger partial charge on any atom is 0.306 e. The predicted octanol–water partition coefficient (Wildman–Crippen LogP) is 15.8. The molecule has 4 heteroatoms. The van der Waals surface area contributed by atoms with Crippen LogP contribution in [-0.4, -0.2) is 23.1 Å². The number of hydrogen-bond acceptors (Lipinski definition) is 3. The van der Waals surface area contributed by atoms with Gasteiger partial charge in [-0.2, -0.15) is 0 Å². The lowest BCUT2D eigenvalue weighted by Gasteiger charge is -2.18. The molecule has 0 bridgehead atoms. The molecule has 0 rings (SSSR count). The molecule has 0 aromatic heterocycles. The van der Waals surface area contributed by atoms with Crippen molar-refractivity contribution in [3.05, 3.63) is 12.2 Å². The second kappa shape index (κ2) is 42.1. The highest BCUT2D eigenvalue weighted by Gasteiger charge is 2.14. The van der Waals surface area contributed by atoms with Gasteiger partial charge in [-0.05, 0) is 64.2 Å². The molecule has 0 aromatic carbocycles. The number of allylic oxidation sites excluding steroid dienone is 2. The Hall–Kier alpha value is -1.32. The lowest BCUT2D eigenvalue weighted by Crippen LogP contribution is -2.18. The zero-order valence-electron chi connectivity index (χ0n) is 34.0. The van der Waals surface area contributed by atoms with E-state index in [2.05, 4.69) is 26.0 Å². The van der Waals surface area contributed by atoms with E-state index in [0.717, 1.165) is 57.8 Å². The molecule has 0 saturated carbocycles. The van der Waals surface area contributed by atoms with Crippen LogP contribution in [0.4, 0.5) is 0 Å². The molecule has 0 spiro atoms. The van der Waals surface area contributed by atoms with E-state index in [-0.39, 0.29) is 18.5 Å². The number of carboxylic acids is 1. The highest BCUT2D eigenvalue weighted by Crippen LogP contribution is 2.19. The first-order valence-corrected chi connectivity index (χ1v) is 22.7. The second-order valence-corrected chi connectivity index (χ2v) is 15.6. The van der Waals surface area contributed by atoms with Crippen LogP contribution >= 0.6 is 0 Å². The minimum atomic E-state index is -0.706. The maximum atomic E-state index is 12.7. The van der Waals surface area contributed by atoms with Gasteiger partial charge < -0.3 is 9.84 Å². The highest BCUT2D eigenvalue weighted by atomic mass is 16.5. The summed E-state index contributed by atoms with van der Waals surface area (Å²) >= 11 is 0. The molecule has 1 N–H and O–H groups in total. The molecule has 0 radical (unpaired) electrons. The third-order valence-electron chi connectivity index (χ3n) is 10.5. The summed E-state index contributed by atoms with van der Waals surface area (Å²) in [5, 5.41) is 8.88. The van der Waals surface area contributed by atoms with Gasteiger partial charge in [0.15, 0.2) is 0 Å². The van der Waals surface area contributed by atoms with Gasteiger partial charge in [-0.25, -0.2) is 0 Å². The Kier molecular flexibility index (Phi) is 41.0. The Balaban J connectivity index is 3.90. The van der Waals surface area contributed by atoms with Crippen LogP contribution in [0.15, 0.2) is 12.2 Å². The van der Waals surface area contributed by atoms with Crippen LogP contribution in [-0.2, 0) is 14.3 Å². The molecule has 4 nitrogen and oxygen atoms in total. The van der Waals surface area contributed by atoms with Gasteiger partial charge in [-0.15, -0.1) is 0 Å². The van der Waals surface area contributed by atoms with E-state index in [9.17, 15) is 9.59 Å². The number of aliphatic carboxylic acids is 1. The minimum Gasteiger partial charge on any atom is -0.481 e. The second-order valence-electron chi connectivity index (χ2n) is 15.6. The van der Waals surface area contributed by atoms with Crippen LogP contribution in [0.5, 0.6) is 0 Å². The number of carbonyl (C=O) groups excluding carboxylic acids is 1. The lowest BCUT2D eigenvalue weighted by molar-refractivity contribution is -0.150. The summed E-state index contributed by atoms with van der Waals surface area (Å²) in [5.41, 5.74) is 0. The zero-order valence-corrected chi connectivity index (χ0v) is 34.0. The molecule has 1 atom stereocenters. The fourth-order valence-electron chi connectivity index (χ4n) is 7.12. The van der Waals surface area contributed by atoms with E-state index in [1.165, 1.54) is 180 Å². The summed E-state index contributed by atoms with van der Waals surface area (Å²) < 4.78 is 6.01. The van der Waals surface area contributed by atoms with Crippen molar-refractivity contribution >= 4 is 11.9 Å². The molecule has 1 unspecified atom stereocenters.